The molecular weight excluding hydrogens is 645 g/mol. The summed E-state index contributed by atoms with van der Waals surface area (Å²) in [6.07, 6.45) is 3.40. The highest BCUT2D eigenvalue weighted by atomic mass is 35.5. The Bertz CT molecular complexity index is 1840. The van der Waals surface area contributed by atoms with Crippen LogP contribution >= 0.6 is 24.8 Å². The van der Waals surface area contributed by atoms with Crippen LogP contribution in [0.4, 0.5) is 11.4 Å². The van der Waals surface area contributed by atoms with Gasteiger partial charge in [0.15, 0.2) is 0 Å². The second-order valence-corrected chi connectivity index (χ2v) is 11.9. The number of hydrogen-bond acceptors (Lipinski definition) is 8. The Hall–Kier alpha value is -4.19. The van der Waals surface area contributed by atoms with Crippen LogP contribution in [-0.2, 0) is 45.4 Å². The Morgan fingerprint density at radius 2 is 1.77 bits per heavy atom. The number of rotatable bonds is 10. The number of aromatic nitrogens is 2. The number of aryl methyl sites for hydroxylation is 1. The van der Waals surface area contributed by atoms with Crippen LogP contribution in [0.25, 0.3) is 11.0 Å². The van der Waals surface area contributed by atoms with Crippen LogP contribution < -0.4 is 15.4 Å². The van der Waals surface area contributed by atoms with E-state index < -0.39 is 5.41 Å². The fourth-order valence-corrected chi connectivity index (χ4v) is 5.80. The topological polar surface area (TPSA) is 118 Å². The van der Waals surface area contributed by atoms with Crippen LogP contribution in [0.2, 0.25) is 0 Å². The molecule has 4 aromatic rings. The molecule has 1 aromatic carbocycles. The standard InChI is InChI=1S/C34H39N5O6.2ClH/c1-7-39-28-11-10-24(18-29(28)36(6)32(42)34(4,5)33(39)43)19-37(20-25-9-8-13-35-27(25)21-44-23(3)40)15-16-38-14-12-30-26(31(38)41)17-22(2)45-30;;/h8-14,17-18H,7,15-16,19-21H2,1-6H3;2*1H. The van der Waals surface area contributed by atoms with Crippen molar-refractivity contribution in [2.75, 3.05) is 29.9 Å². The van der Waals surface area contributed by atoms with Crippen LogP contribution in [-0.4, -0.2) is 52.4 Å². The summed E-state index contributed by atoms with van der Waals surface area (Å²) < 4.78 is 12.6. The van der Waals surface area contributed by atoms with Crippen molar-refractivity contribution in [3.63, 3.8) is 0 Å². The summed E-state index contributed by atoms with van der Waals surface area (Å²) in [6, 6.07) is 13.1. The predicted octanol–water partition coefficient (Wildman–Crippen LogP) is 5.26. The van der Waals surface area contributed by atoms with Gasteiger partial charge in [0, 0.05) is 59.1 Å². The summed E-state index contributed by atoms with van der Waals surface area (Å²) in [6.45, 7) is 10.7. The zero-order chi connectivity index (χ0) is 32.5. The van der Waals surface area contributed by atoms with Crippen LogP contribution in [0.1, 0.15) is 50.3 Å². The Morgan fingerprint density at radius 3 is 2.47 bits per heavy atom. The van der Waals surface area contributed by atoms with Crippen molar-refractivity contribution in [2.45, 2.75) is 60.9 Å². The summed E-state index contributed by atoms with van der Waals surface area (Å²) in [5.41, 5.74) is 3.04. The van der Waals surface area contributed by atoms with Crippen molar-refractivity contribution in [1.29, 1.82) is 0 Å². The summed E-state index contributed by atoms with van der Waals surface area (Å²) in [5.74, 6) is -0.216. The third-order valence-electron chi connectivity index (χ3n) is 8.26. The molecule has 1 aliphatic heterocycles. The van der Waals surface area contributed by atoms with E-state index >= 15 is 0 Å². The molecule has 252 valence electrons. The molecule has 4 heterocycles. The minimum Gasteiger partial charge on any atom is -0.461 e. The van der Waals surface area contributed by atoms with Gasteiger partial charge in [-0.3, -0.25) is 29.1 Å². The van der Waals surface area contributed by atoms with Crippen molar-refractivity contribution in [3.05, 3.63) is 87.8 Å². The molecular formula is C34H41Cl2N5O6. The number of nitrogens with zero attached hydrogens (tertiary/aromatic N) is 5. The summed E-state index contributed by atoms with van der Waals surface area (Å²) in [4.78, 5) is 61.3. The largest absolute Gasteiger partial charge is 0.461 e. The number of esters is 1. The average molecular weight is 687 g/mol. The van der Waals surface area contributed by atoms with Gasteiger partial charge < -0.3 is 23.5 Å². The number of furan rings is 1. The number of anilines is 2. The molecule has 0 bridgehead atoms. The van der Waals surface area contributed by atoms with Gasteiger partial charge in [-0.05, 0) is 69.2 Å². The molecule has 11 nitrogen and oxygen atoms in total. The number of benzene rings is 1. The molecule has 0 fully saturated rings. The second kappa shape index (κ2) is 15.1. The van der Waals surface area contributed by atoms with Crippen LogP contribution in [0.15, 0.2) is 64.1 Å². The minimum absolute atomic E-state index is 0. The molecule has 0 aliphatic carbocycles. The zero-order valence-electron chi connectivity index (χ0n) is 27.4. The lowest BCUT2D eigenvalue weighted by molar-refractivity contribution is -0.142. The van der Waals surface area contributed by atoms with E-state index in [9.17, 15) is 19.2 Å². The zero-order valence-corrected chi connectivity index (χ0v) is 29.1. The van der Waals surface area contributed by atoms with Gasteiger partial charge in [-0.1, -0.05) is 12.1 Å². The van der Waals surface area contributed by atoms with E-state index in [1.807, 2.05) is 44.2 Å². The maximum Gasteiger partial charge on any atom is 0.303 e. The minimum atomic E-state index is -1.20. The van der Waals surface area contributed by atoms with Crippen molar-refractivity contribution < 1.29 is 23.5 Å². The quantitative estimate of drug-likeness (QED) is 0.164. The van der Waals surface area contributed by atoms with Crippen molar-refractivity contribution in [1.82, 2.24) is 14.5 Å². The molecule has 3 aromatic heterocycles. The lowest BCUT2D eigenvalue weighted by Gasteiger charge is -2.27. The van der Waals surface area contributed by atoms with Crippen LogP contribution in [0.3, 0.4) is 0 Å². The molecule has 0 radical (unpaired) electrons. The first-order valence-electron chi connectivity index (χ1n) is 15.0. The number of ether oxygens (including phenoxy) is 1. The maximum atomic E-state index is 13.4. The number of halogens is 2. The van der Waals surface area contributed by atoms with Gasteiger partial charge >= 0.3 is 5.97 Å². The number of carbonyl (C=O) groups excluding carboxylic acids is 3. The maximum absolute atomic E-state index is 13.4. The van der Waals surface area contributed by atoms with Gasteiger partial charge in [0.25, 0.3) is 5.56 Å². The van der Waals surface area contributed by atoms with E-state index in [2.05, 4.69) is 9.88 Å². The van der Waals surface area contributed by atoms with E-state index in [0.717, 1.165) is 11.1 Å². The lowest BCUT2D eigenvalue weighted by Crippen LogP contribution is -2.47. The fourth-order valence-electron chi connectivity index (χ4n) is 5.80. The van der Waals surface area contributed by atoms with Crippen LogP contribution in [0, 0.1) is 12.3 Å². The van der Waals surface area contributed by atoms with Crippen molar-refractivity contribution >= 4 is 64.9 Å². The van der Waals surface area contributed by atoms with Crippen molar-refractivity contribution in [3.8, 4) is 0 Å². The Morgan fingerprint density at radius 1 is 1.02 bits per heavy atom. The first-order chi connectivity index (χ1) is 21.4. The summed E-state index contributed by atoms with van der Waals surface area (Å²) >= 11 is 0. The first kappa shape index (κ1) is 37.3. The number of hydrogen-bond donors (Lipinski definition) is 0. The average Bonchev–Trinajstić information content (AvgIpc) is 3.39. The van der Waals surface area contributed by atoms with Crippen molar-refractivity contribution in [2.24, 2.45) is 5.41 Å². The summed E-state index contributed by atoms with van der Waals surface area (Å²) in [5, 5.41) is 0.536. The molecule has 0 saturated carbocycles. The molecule has 2 amide bonds. The smallest absolute Gasteiger partial charge is 0.303 e. The highest BCUT2D eigenvalue weighted by Crippen LogP contribution is 2.39. The van der Waals surface area contributed by atoms with E-state index in [4.69, 9.17) is 9.15 Å². The third-order valence-corrected chi connectivity index (χ3v) is 8.26. The Balaban J connectivity index is 0.00000300. The molecule has 0 spiro atoms. The molecule has 0 unspecified atom stereocenters. The normalized spacial score (nSPS) is 14.0. The molecule has 1 aliphatic rings. The third kappa shape index (κ3) is 7.69. The van der Waals surface area contributed by atoms with E-state index in [-0.39, 0.29) is 54.8 Å². The van der Waals surface area contributed by atoms with Gasteiger partial charge in [0.05, 0.1) is 22.5 Å². The molecule has 0 atom stereocenters. The molecule has 47 heavy (non-hydrogen) atoms. The lowest BCUT2D eigenvalue weighted by atomic mass is 9.90. The highest BCUT2D eigenvalue weighted by Gasteiger charge is 2.45. The number of amides is 2. The molecule has 5 rings (SSSR count). The van der Waals surface area contributed by atoms with Gasteiger partial charge in [-0.25, -0.2) is 0 Å². The SMILES string of the molecule is CCN1C(=O)C(C)(C)C(=O)N(C)c2cc(CN(CCn3ccc4oc(C)cc4c3=O)Cc3cccnc3COC(C)=O)ccc21.Cl.Cl. The summed E-state index contributed by atoms with van der Waals surface area (Å²) in [7, 11) is 1.70. The Labute approximate surface area is 286 Å². The monoisotopic (exact) mass is 685 g/mol. The van der Waals surface area contributed by atoms with Gasteiger partial charge in [0.1, 0.15) is 23.4 Å². The molecule has 13 heteroatoms. The number of pyridine rings is 2. The van der Waals surface area contributed by atoms with Gasteiger partial charge in [-0.2, -0.15) is 0 Å². The first-order valence-corrected chi connectivity index (χ1v) is 15.0. The van der Waals surface area contributed by atoms with E-state index in [1.54, 1.807) is 59.8 Å². The fraction of sp³-hybridized carbons (Fsp3) is 0.382. The number of fused-ring (bicyclic) bond motifs is 2. The van der Waals surface area contributed by atoms with E-state index in [1.165, 1.54) is 6.92 Å². The van der Waals surface area contributed by atoms with E-state index in [0.29, 0.717) is 66.5 Å². The molecule has 0 N–H and O–H groups in total. The molecule has 0 saturated heterocycles. The Kier molecular flexibility index (Phi) is 12.0. The highest BCUT2D eigenvalue weighted by molar-refractivity contribution is 6.19. The second-order valence-electron chi connectivity index (χ2n) is 11.9. The van der Waals surface area contributed by atoms with Crippen LogP contribution in [0.5, 0.6) is 0 Å². The predicted molar refractivity (Wildman–Crippen MR) is 185 cm³/mol. The number of carbonyl (C=O) groups is 3. The van der Waals surface area contributed by atoms with Gasteiger partial charge in [0.2, 0.25) is 11.8 Å². The van der Waals surface area contributed by atoms with Gasteiger partial charge in [-0.15, -0.1) is 24.8 Å².